The van der Waals surface area contributed by atoms with Crippen molar-refractivity contribution in [2.24, 2.45) is 11.8 Å². The maximum Gasteiger partial charge on any atom is 0.264 e. The molecule has 2 aliphatic carbocycles. The van der Waals surface area contributed by atoms with Crippen LogP contribution < -0.4 is 9.62 Å². The zero-order valence-corrected chi connectivity index (χ0v) is 17.1. The molecule has 0 unspecified atom stereocenters. The van der Waals surface area contributed by atoms with E-state index in [1.165, 1.54) is 29.6 Å². The van der Waals surface area contributed by atoms with Gasteiger partial charge in [-0.25, -0.2) is 8.42 Å². The summed E-state index contributed by atoms with van der Waals surface area (Å²) in [6, 6.07) is 13.9. The van der Waals surface area contributed by atoms with E-state index >= 15 is 0 Å². The van der Waals surface area contributed by atoms with Gasteiger partial charge < -0.3 is 5.32 Å². The second-order valence-corrected chi connectivity index (χ2v) is 10.0. The molecular weight excluding hydrogens is 372 g/mol. The largest absolute Gasteiger partial charge is 0.349 e. The highest BCUT2D eigenvalue weighted by atomic mass is 32.2. The SMILES string of the molecule is Cc1ccccc1N(C)S(=O)(=O)c1cccc(C(=O)N[C@@H]2C[C@@H]3CC[C@@H]2C3)c1. The van der Waals surface area contributed by atoms with Crippen LogP contribution in [0, 0.1) is 18.8 Å². The Morgan fingerprint density at radius 2 is 1.86 bits per heavy atom. The van der Waals surface area contributed by atoms with Gasteiger partial charge in [-0.15, -0.1) is 0 Å². The van der Waals surface area contributed by atoms with Crippen LogP contribution in [0.2, 0.25) is 0 Å². The van der Waals surface area contributed by atoms with Crippen LogP contribution in [0.3, 0.4) is 0 Å². The molecule has 1 N–H and O–H groups in total. The van der Waals surface area contributed by atoms with Crippen LogP contribution in [0.4, 0.5) is 5.69 Å². The normalized spacial score (nSPS) is 23.6. The molecule has 0 radical (unpaired) electrons. The number of anilines is 1. The summed E-state index contributed by atoms with van der Waals surface area (Å²) in [5.41, 5.74) is 1.89. The summed E-state index contributed by atoms with van der Waals surface area (Å²) in [5.74, 6) is 1.13. The van der Waals surface area contributed by atoms with Crippen molar-refractivity contribution in [2.75, 3.05) is 11.4 Å². The second-order valence-electron chi connectivity index (χ2n) is 8.04. The molecule has 0 spiro atoms. The van der Waals surface area contributed by atoms with Crippen molar-refractivity contribution < 1.29 is 13.2 Å². The molecule has 2 aromatic rings. The molecule has 2 aliphatic rings. The van der Waals surface area contributed by atoms with Gasteiger partial charge in [0.05, 0.1) is 10.6 Å². The molecule has 148 valence electrons. The molecule has 28 heavy (non-hydrogen) atoms. The number of hydrogen-bond acceptors (Lipinski definition) is 3. The van der Waals surface area contributed by atoms with Crippen LogP contribution in [0.15, 0.2) is 53.4 Å². The van der Waals surface area contributed by atoms with E-state index in [0.29, 0.717) is 17.2 Å². The molecule has 5 nitrogen and oxygen atoms in total. The van der Waals surface area contributed by atoms with E-state index in [-0.39, 0.29) is 16.8 Å². The predicted molar refractivity (Wildman–Crippen MR) is 110 cm³/mol. The smallest absolute Gasteiger partial charge is 0.264 e. The first-order valence-corrected chi connectivity index (χ1v) is 11.3. The standard InChI is InChI=1S/C22H26N2O3S/c1-15-6-3-4-9-21(15)24(2)28(26,27)19-8-5-7-18(14-19)22(25)23-20-13-16-10-11-17(20)12-16/h3-9,14,16-17,20H,10-13H2,1-2H3,(H,23,25)/t16-,17-,20-/m1/s1. The summed E-state index contributed by atoms with van der Waals surface area (Å²) in [5, 5.41) is 3.13. The third kappa shape index (κ3) is 3.41. The Morgan fingerprint density at radius 3 is 2.54 bits per heavy atom. The molecular formula is C22H26N2O3S. The van der Waals surface area contributed by atoms with Gasteiger partial charge in [0.1, 0.15) is 0 Å². The lowest BCUT2D eigenvalue weighted by Crippen LogP contribution is -2.38. The topological polar surface area (TPSA) is 66.5 Å². The summed E-state index contributed by atoms with van der Waals surface area (Å²) in [4.78, 5) is 12.9. The highest BCUT2D eigenvalue weighted by Gasteiger charge is 2.40. The first kappa shape index (κ1) is 19.0. The van der Waals surface area contributed by atoms with Gasteiger partial charge in [0.2, 0.25) is 0 Å². The molecule has 0 aliphatic heterocycles. The van der Waals surface area contributed by atoms with Gasteiger partial charge in [-0.05, 0) is 67.9 Å². The molecule has 2 saturated carbocycles. The molecule has 6 heteroatoms. The highest BCUT2D eigenvalue weighted by molar-refractivity contribution is 7.92. The van der Waals surface area contributed by atoms with Gasteiger partial charge in [0, 0.05) is 18.7 Å². The van der Waals surface area contributed by atoms with E-state index in [1.807, 2.05) is 25.1 Å². The fourth-order valence-electron chi connectivity index (χ4n) is 4.68. The number of sulfonamides is 1. The van der Waals surface area contributed by atoms with Crippen LogP contribution in [-0.4, -0.2) is 27.4 Å². The maximum absolute atomic E-state index is 13.1. The van der Waals surface area contributed by atoms with Crippen molar-refractivity contribution in [1.29, 1.82) is 0 Å². The number of fused-ring (bicyclic) bond motifs is 2. The van der Waals surface area contributed by atoms with Crippen LogP contribution in [0.1, 0.15) is 41.6 Å². The fourth-order valence-corrected chi connectivity index (χ4v) is 5.98. The number of carbonyl (C=O) groups excluding carboxylic acids is 1. The van der Waals surface area contributed by atoms with Crippen molar-refractivity contribution in [1.82, 2.24) is 5.32 Å². The lowest BCUT2D eigenvalue weighted by molar-refractivity contribution is 0.0922. The molecule has 1 amide bonds. The Bertz CT molecular complexity index is 1000. The van der Waals surface area contributed by atoms with E-state index in [1.54, 1.807) is 31.3 Å². The van der Waals surface area contributed by atoms with Crippen LogP contribution >= 0.6 is 0 Å². The summed E-state index contributed by atoms with van der Waals surface area (Å²) in [7, 11) is -2.21. The first-order valence-electron chi connectivity index (χ1n) is 9.82. The van der Waals surface area contributed by atoms with Gasteiger partial charge in [-0.3, -0.25) is 9.10 Å². The van der Waals surface area contributed by atoms with E-state index in [4.69, 9.17) is 0 Å². The third-order valence-corrected chi connectivity index (χ3v) is 8.03. The van der Waals surface area contributed by atoms with Crippen LogP contribution in [-0.2, 0) is 10.0 Å². The summed E-state index contributed by atoms with van der Waals surface area (Å²) < 4.78 is 27.5. The number of rotatable bonds is 5. The minimum absolute atomic E-state index is 0.124. The maximum atomic E-state index is 13.1. The lowest BCUT2D eigenvalue weighted by Gasteiger charge is -2.23. The molecule has 3 atom stereocenters. The molecule has 2 aromatic carbocycles. The monoisotopic (exact) mass is 398 g/mol. The number of nitrogens with one attached hydrogen (secondary N) is 1. The number of carbonyl (C=O) groups is 1. The summed E-state index contributed by atoms with van der Waals surface area (Å²) in [6.45, 7) is 1.88. The summed E-state index contributed by atoms with van der Waals surface area (Å²) >= 11 is 0. The van der Waals surface area contributed by atoms with E-state index in [0.717, 1.165) is 17.9 Å². The Morgan fingerprint density at radius 1 is 1.07 bits per heavy atom. The predicted octanol–water partition coefficient (Wildman–Crippen LogP) is 3.74. The first-order chi connectivity index (χ1) is 13.4. The molecule has 2 fully saturated rings. The minimum Gasteiger partial charge on any atom is -0.349 e. The van der Waals surface area contributed by atoms with Crippen molar-refractivity contribution in [2.45, 2.75) is 43.5 Å². The number of nitrogens with zero attached hydrogens (tertiary/aromatic N) is 1. The van der Waals surface area contributed by atoms with Crippen molar-refractivity contribution in [3.05, 3.63) is 59.7 Å². The van der Waals surface area contributed by atoms with Gasteiger partial charge in [0.25, 0.3) is 15.9 Å². The van der Waals surface area contributed by atoms with Crippen molar-refractivity contribution in [3.8, 4) is 0 Å². The molecule has 0 saturated heterocycles. The van der Waals surface area contributed by atoms with Gasteiger partial charge in [-0.1, -0.05) is 30.7 Å². The zero-order chi connectivity index (χ0) is 19.9. The number of aryl methyl sites for hydroxylation is 1. The Labute approximate surface area is 166 Å². The van der Waals surface area contributed by atoms with E-state index in [9.17, 15) is 13.2 Å². The average Bonchev–Trinajstić information content (AvgIpc) is 3.31. The minimum atomic E-state index is -3.75. The fraction of sp³-hybridized carbons (Fsp3) is 0.409. The van der Waals surface area contributed by atoms with Gasteiger partial charge in [-0.2, -0.15) is 0 Å². The number of amides is 1. The van der Waals surface area contributed by atoms with Gasteiger partial charge in [0.15, 0.2) is 0 Å². The van der Waals surface area contributed by atoms with Crippen LogP contribution in [0.5, 0.6) is 0 Å². The molecule has 0 aromatic heterocycles. The Kier molecular flexibility index (Phi) is 4.91. The highest BCUT2D eigenvalue weighted by Crippen LogP contribution is 2.44. The van der Waals surface area contributed by atoms with Crippen LogP contribution in [0.25, 0.3) is 0 Å². The van der Waals surface area contributed by atoms with Crippen molar-refractivity contribution in [3.63, 3.8) is 0 Å². The molecule has 0 heterocycles. The average molecular weight is 399 g/mol. The lowest BCUT2D eigenvalue weighted by atomic mass is 9.95. The second kappa shape index (κ2) is 7.24. The van der Waals surface area contributed by atoms with Gasteiger partial charge >= 0.3 is 0 Å². The number of hydrogen-bond donors (Lipinski definition) is 1. The van der Waals surface area contributed by atoms with E-state index in [2.05, 4.69) is 5.32 Å². The van der Waals surface area contributed by atoms with Crippen molar-refractivity contribution >= 4 is 21.6 Å². The molecule has 2 bridgehead atoms. The number of benzene rings is 2. The zero-order valence-electron chi connectivity index (χ0n) is 16.3. The third-order valence-electron chi connectivity index (χ3n) is 6.26. The Balaban J connectivity index is 1.56. The Hall–Kier alpha value is -2.34. The quantitative estimate of drug-likeness (QED) is 0.834. The molecule has 4 rings (SSSR count). The van der Waals surface area contributed by atoms with E-state index < -0.39 is 10.0 Å². The summed E-state index contributed by atoms with van der Waals surface area (Å²) in [6.07, 6.45) is 4.71. The number of para-hydroxylation sites is 1.